The molecule has 0 radical (unpaired) electrons. The molecule has 0 aliphatic heterocycles. The highest BCUT2D eigenvalue weighted by Crippen LogP contribution is 2.25. The Labute approximate surface area is 100.0 Å². The quantitative estimate of drug-likeness (QED) is 0.731. The van der Waals surface area contributed by atoms with Crippen LogP contribution in [0.1, 0.15) is 34.1 Å². The van der Waals surface area contributed by atoms with E-state index in [1.165, 1.54) is 12.2 Å². The van der Waals surface area contributed by atoms with Crippen molar-refractivity contribution in [2.75, 3.05) is 25.6 Å². The molecule has 0 amide bonds. The number of nitrogens with zero attached hydrogens (tertiary/aromatic N) is 1. The molecule has 2 nitrogen and oxygen atoms in total. The Morgan fingerprint density at radius 3 is 2.20 bits per heavy atom. The summed E-state index contributed by atoms with van der Waals surface area (Å²) in [5.74, 6) is 1.81. The van der Waals surface area contributed by atoms with E-state index in [4.69, 9.17) is 5.73 Å². The average molecular weight is 232 g/mol. The van der Waals surface area contributed by atoms with Gasteiger partial charge in [0.05, 0.1) is 0 Å². The summed E-state index contributed by atoms with van der Waals surface area (Å²) in [4.78, 5) is 2.45. The van der Waals surface area contributed by atoms with E-state index in [1.54, 1.807) is 0 Å². The maximum atomic E-state index is 5.93. The van der Waals surface area contributed by atoms with Crippen LogP contribution in [-0.2, 0) is 0 Å². The Morgan fingerprint density at radius 1 is 1.33 bits per heavy atom. The molecule has 0 aromatic carbocycles. The lowest BCUT2D eigenvalue weighted by Gasteiger charge is -2.45. The van der Waals surface area contributed by atoms with Crippen molar-refractivity contribution in [2.45, 2.75) is 45.7 Å². The second-order valence-electron chi connectivity index (χ2n) is 4.96. The lowest BCUT2D eigenvalue weighted by Crippen LogP contribution is -2.56. The van der Waals surface area contributed by atoms with Crippen molar-refractivity contribution in [3.05, 3.63) is 0 Å². The molecule has 0 aromatic heterocycles. The molecule has 2 N–H and O–H groups in total. The molecule has 0 rings (SSSR count). The maximum Gasteiger partial charge on any atom is 0.0326 e. The van der Waals surface area contributed by atoms with Crippen molar-refractivity contribution < 1.29 is 0 Å². The summed E-state index contributed by atoms with van der Waals surface area (Å²) in [5.41, 5.74) is 6.05. The van der Waals surface area contributed by atoms with Crippen LogP contribution in [0.4, 0.5) is 0 Å². The van der Waals surface area contributed by atoms with Gasteiger partial charge in [-0.2, -0.15) is 11.8 Å². The zero-order chi connectivity index (χ0) is 12.1. The van der Waals surface area contributed by atoms with Gasteiger partial charge in [-0.3, -0.25) is 4.90 Å². The fraction of sp³-hybridized carbons (Fsp3) is 1.00. The highest BCUT2D eigenvalue weighted by Gasteiger charge is 2.33. The molecule has 0 aliphatic carbocycles. The second kappa shape index (κ2) is 6.77. The van der Waals surface area contributed by atoms with Gasteiger partial charge < -0.3 is 5.73 Å². The number of hydrogen-bond acceptors (Lipinski definition) is 3. The highest BCUT2D eigenvalue weighted by molar-refractivity contribution is 7.98. The first kappa shape index (κ1) is 15.3. The van der Waals surface area contributed by atoms with Crippen LogP contribution in [0.3, 0.4) is 0 Å². The van der Waals surface area contributed by atoms with Crippen LogP contribution < -0.4 is 5.73 Å². The molecule has 0 bridgehead atoms. The van der Waals surface area contributed by atoms with Crippen molar-refractivity contribution in [2.24, 2.45) is 11.7 Å². The van der Waals surface area contributed by atoms with Crippen LogP contribution in [0.5, 0.6) is 0 Å². The molecule has 92 valence electrons. The normalized spacial score (nSPS) is 18.2. The average Bonchev–Trinajstić information content (AvgIpc) is 2.23. The summed E-state index contributed by atoms with van der Waals surface area (Å²) in [6.07, 6.45) is 3.40. The van der Waals surface area contributed by atoms with E-state index in [1.807, 2.05) is 11.8 Å². The van der Waals surface area contributed by atoms with Gasteiger partial charge in [0, 0.05) is 18.1 Å². The Hall–Kier alpha value is 0.270. The van der Waals surface area contributed by atoms with E-state index in [2.05, 4.69) is 45.9 Å². The molecular formula is C12H28N2S. The summed E-state index contributed by atoms with van der Waals surface area (Å²) in [7, 11) is 2.21. The first-order valence-electron chi connectivity index (χ1n) is 5.82. The summed E-state index contributed by atoms with van der Waals surface area (Å²) in [6.45, 7) is 9.81. The summed E-state index contributed by atoms with van der Waals surface area (Å²) in [5, 5.41) is 0. The van der Waals surface area contributed by atoms with Gasteiger partial charge in [-0.1, -0.05) is 13.8 Å². The van der Waals surface area contributed by atoms with Gasteiger partial charge in [-0.15, -0.1) is 0 Å². The van der Waals surface area contributed by atoms with Crippen LogP contribution in [0.2, 0.25) is 0 Å². The van der Waals surface area contributed by atoms with Crippen molar-refractivity contribution >= 4 is 11.8 Å². The molecule has 0 aromatic rings. The van der Waals surface area contributed by atoms with Crippen LogP contribution in [-0.4, -0.2) is 42.1 Å². The Morgan fingerprint density at radius 2 is 1.87 bits per heavy atom. The molecule has 0 fully saturated rings. The van der Waals surface area contributed by atoms with Gasteiger partial charge in [0.2, 0.25) is 0 Å². The van der Waals surface area contributed by atoms with E-state index in [9.17, 15) is 0 Å². The van der Waals surface area contributed by atoms with Crippen molar-refractivity contribution in [3.8, 4) is 0 Å². The lowest BCUT2D eigenvalue weighted by atomic mass is 9.85. The SMILES string of the molecule is CSCCC(C)N(C)C(C)(CN)C(C)C. The second-order valence-corrected chi connectivity index (χ2v) is 5.94. The zero-order valence-corrected chi connectivity index (χ0v) is 12.0. The van der Waals surface area contributed by atoms with Crippen LogP contribution in [0, 0.1) is 5.92 Å². The third-order valence-electron chi connectivity index (χ3n) is 3.86. The zero-order valence-electron chi connectivity index (χ0n) is 11.2. The maximum absolute atomic E-state index is 5.93. The van der Waals surface area contributed by atoms with Gasteiger partial charge in [0.25, 0.3) is 0 Å². The summed E-state index contributed by atoms with van der Waals surface area (Å²) < 4.78 is 0. The third-order valence-corrected chi connectivity index (χ3v) is 4.51. The molecule has 0 heterocycles. The first-order valence-corrected chi connectivity index (χ1v) is 7.21. The van der Waals surface area contributed by atoms with Crippen molar-refractivity contribution in [1.82, 2.24) is 4.90 Å². The third kappa shape index (κ3) is 3.97. The molecule has 15 heavy (non-hydrogen) atoms. The smallest absolute Gasteiger partial charge is 0.0326 e. The minimum atomic E-state index is 0.123. The number of likely N-dealkylation sites (N-methyl/N-ethyl adjacent to an activating group) is 1. The first-order chi connectivity index (χ1) is 6.90. The topological polar surface area (TPSA) is 29.3 Å². The number of hydrogen-bond donors (Lipinski definition) is 1. The van der Waals surface area contributed by atoms with Crippen LogP contribution in [0.25, 0.3) is 0 Å². The Kier molecular flexibility index (Phi) is 6.89. The highest BCUT2D eigenvalue weighted by atomic mass is 32.2. The molecule has 0 aliphatic rings. The molecule has 0 spiro atoms. The largest absolute Gasteiger partial charge is 0.329 e. The van der Waals surface area contributed by atoms with E-state index in [0.29, 0.717) is 12.0 Å². The van der Waals surface area contributed by atoms with E-state index < -0.39 is 0 Å². The number of thioether (sulfide) groups is 1. The monoisotopic (exact) mass is 232 g/mol. The lowest BCUT2D eigenvalue weighted by molar-refractivity contribution is 0.0582. The fourth-order valence-electron chi connectivity index (χ4n) is 1.77. The van der Waals surface area contributed by atoms with Gasteiger partial charge in [0.1, 0.15) is 0 Å². The molecule has 0 saturated carbocycles. The summed E-state index contributed by atoms with van der Waals surface area (Å²) in [6, 6.07) is 0.605. The number of nitrogens with two attached hydrogens (primary N) is 1. The van der Waals surface area contributed by atoms with Crippen LogP contribution >= 0.6 is 11.8 Å². The molecule has 2 atom stereocenters. The van der Waals surface area contributed by atoms with Gasteiger partial charge >= 0.3 is 0 Å². The Balaban J connectivity index is 4.43. The van der Waals surface area contributed by atoms with E-state index in [-0.39, 0.29) is 5.54 Å². The van der Waals surface area contributed by atoms with Crippen LogP contribution in [0.15, 0.2) is 0 Å². The van der Waals surface area contributed by atoms with Gasteiger partial charge in [-0.25, -0.2) is 0 Å². The number of rotatable bonds is 7. The minimum Gasteiger partial charge on any atom is -0.329 e. The predicted octanol–water partition coefficient (Wildman–Crippen LogP) is 2.43. The van der Waals surface area contributed by atoms with Gasteiger partial charge in [-0.05, 0) is 45.2 Å². The molecule has 0 saturated heterocycles. The Bertz CT molecular complexity index is 173. The van der Waals surface area contributed by atoms with Crippen molar-refractivity contribution in [3.63, 3.8) is 0 Å². The fourth-order valence-corrected chi connectivity index (χ4v) is 2.35. The standard InChI is InChI=1S/C12H28N2S/c1-10(2)12(4,9-13)14(5)11(3)7-8-15-6/h10-11H,7-9,13H2,1-6H3. The summed E-state index contributed by atoms with van der Waals surface area (Å²) >= 11 is 1.92. The van der Waals surface area contributed by atoms with E-state index >= 15 is 0 Å². The minimum absolute atomic E-state index is 0.123. The molecule has 2 unspecified atom stereocenters. The van der Waals surface area contributed by atoms with Crippen molar-refractivity contribution in [1.29, 1.82) is 0 Å². The van der Waals surface area contributed by atoms with E-state index in [0.717, 1.165) is 6.54 Å². The molecular weight excluding hydrogens is 204 g/mol. The molecule has 3 heteroatoms. The predicted molar refractivity (Wildman–Crippen MR) is 72.5 cm³/mol. The van der Waals surface area contributed by atoms with Gasteiger partial charge in [0.15, 0.2) is 0 Å².